The molecule has 3 aromatic rings. The van der Waals surface area contributed by atoms with E-state index < -0.39 is 0 Å². The van der Waals surface area contributed by atoms with Crippen LogP contribution in [0.4, 0.5) is 5.13 Å². The number of fused-ring (bicyclic) bond motifs is 1. The van der Waals surface area contributed by atoms with Gasteiger partial charge in [0.1, 0.15) is 0 Å². The fourth-order valence-corrected chi connectivity index (χ4v) is 3.32. The summed E-state index contributed by atoms with van der Waals surface area (Å²) in [6.45, 7) is 1.80. The second-order valence-corrected chi connectivity index (χ2v) is 6.25. The van der Waals surface area contributed by atoms with Crippen molar-refractivity contribution in [2.75, 3.05) is 12.3 Å². The highest BCUT2D eigenvalue weighted by atomic mass is 32.1. The topological polar surface area (TPSA) is 63.8 Å². The number of thiazole rings is 2. The number of hydrogen-bond donors (Lipinski definition) is 2. The van der Waals surface area contributed by atoms with Gasteiger partial charge in [-0.25, -0.2) is 9.97 Å². The number of nitrogen functional groups attached to an aromatic ring is 1. The van der Waals surface area contributed by atoms with Crippen LogP contribution in [0.1, 0.15) is 10.6 Å². The van der Waals surface area contributed by atoms with Crippen LogP contribution in [0.15, 0.2) is 29.8 Å². The Bertz CT molecular complexity index is 660. The normalized spacial score (nSPS) is 11.2. The van der Waals surface area contributed by atoms with Crippen LogP contribution in [0.3, 0.4) is 0 Å². The summed E-state index contributed by atoms with van der Waals surface area (Å²) in [6, 6.07) is 6.28. The van der Waals surface area contributed by atoms with E-state index in [1.54, 1.807) is 11.3 Å². The summed E-state index contributed by atoms with van der Waals surface area (Å²) >= 11 is 3.24. The summed E-state index contributed by atoms with van der Waals surface area (Å²) < 4.78 is 1.15. The first-order chi connectivity index (χ1) is 9.31. The van der Waals surface area contributed by atoms with Crippen molar-refractivity contribution in [3.05, 3.63) is 40.3 Å². The van der Waals surface area contributed by atoms with Gasteiger partial charge in [-0.1, -0.05) is 17.4 Å². The van der Waals surface area contributed by atoms with Crippen molar-refractivity contribution in [3.8, 4) is 0 Å². The molecule has 19 heavy (non-hydrogen) atoms. The Hall–Kier alpha value is -1.50. The van der Waals surface area contributed by atoms with Crippen molar-refractivity contribution in [2.24, 2.45) is 0 Å². The SMILES string of the molecule is Nc1nc2ccc(CNCCc3nccs3)cc2s1. The minimum absolute atomic E-state index is 0.629. The zero-order chi connectivity index (χ0) is 13.1. The molecule has 0 atom stereocenters. The smallest absolute Gasteiger partial charge is 0.181 e. The van der Waals surface area contributed by atoms with Gasteiger partial charge in [0, 0.05) is 31.1 Å². The molecule has 0 spiro atoms. The van der Waals surface area contributed by atoms with E-state index in [0.717, 1.165) is 29.7 Å². The zero-order valence-electron chi connectivity index (χ0n) is 10.3. The van der Waals surface area contributed by atoms with Crippen molar-refractivity contribution < 1.29 is 0 Å². The predicted molar refractivity (Wildman–Crippen MR) is 81.6 cm³/mol. The lowest BCUT2D eigenvalue weighted by Gasteiger charge is -2.03. The number of rotatable bonds is 5. The highest BCUT2D eigenvalue weighted by Crippen LogP contribution is 2.24. The number of anilines is 1. The standard InChI is InChI=1S/C13H14N4S2/c14-13-17-10-2-1-9(7-11(10)19-13)8-15-4-3-12-16-5-6-18-12/h1-2,5-7,15H,3-4,8H2,(H2,14,17). The minimum atomic E-state index is 0.629. The van der Waals surface area contributed by atoms with Crippen LogP contribution in [-0.4, -0.2) is 16.5 Å². The molecule has 3 rings (SSSR count). The highest BCUT2D eigenvalue weighted by Gasteiger charge is 2.02. The molecule has 4 nitrogen and oxygen atoms in total. The maximum atomic E-state index is 5.70. The first kappa shape index (κ1) is 12.5. The summed E-state index contributed by atoms with van der Waals surface area (Å²) in [7, 11) is 0. The molecule has 0 amide bonds. The number of nitrogens with zero attached hydrogens (tertiary/aromatic N) is 2. The van der Waals surface area contributed by atoms with Gasteiger partial charge in [-0.05, 0) is 17.7 Å². The lowest BCUT2D eigenvalue weighted by Crippen LogP contribution is -2.16. The molecule has 0 aliphatic carbocycles. The van der Waals surface area contributed by atoms with Crippen LogP contribution in [0.2, 0.25) is 0 Å². The second kappa shape index (κ2) is 5.64. The van der Waals surface area contributed by atoms with Crippen molar-refractivity contribution in [1.29, 1.82) is 0 Å². The maximum absolute atomic E-state index is 5.70. The van der Waals surface area contributed by atoms with Crippen LogP contribution < -0.4 is 11.1 Å². The molecule has 0 radical (unpaired) electrons. The molecule has 1 aromatic carbocycles. The quantitative estimate of drug-likeness (QED) is 0.709. The summed E-state index contributed by atoms with van der Waals surface area (Å²) in [5.41, 5.74) is 7.94. The molecule has 2 heterocycles. The first-order valence-corrected chi connectivity index (χ1v) is 7.75. The third kappa shape index (κ3) is 3.09. The monoisotopic (exact) mass is 290 g/mol. The Labute approximate surface area is 119 Å². The molecule has 3 N–H and O–H groups in total. The number of nitrogens with one attached hydrogen (secondary N) is 1. The molecular weight excluding hydrogens is 276 g/mol. The van der Waals surface area contributed by atoms with E-state index in [4.69, 9.17) is 5.73 Å². The lowest BCUT2D eigenvalue weighted by atomic mass is 10.2. The van der Waals surface area contributed by atoms with Crippen molar-refractivity contribution in [3.63, 3.8) is 0 Å². The number of hydrogen-bond acceptors (Lipinski definition) is 6. The molecule has 0 fully saturated rings. The number of aromatic nitrogens is 2. The summed E-state index contributed by atoms with van der Waals surface area (Å²) in [4.78, 5) is 8.52. The molecule has 2 aromatic heterocycles. The molecule has 6 heteroatoms. The van der Waals surface area contributed by atoms with E-state index in [9.17, 15) is 0 Å². The molecule has 0 bridgehead atoms. The number of benzene rings is 1. The number of nitrogens with two attached hydrogens (primary N) is 1. The van der Waals surface area contributed by atoms with E-state index in [-0.39, 0.29) is 0 Å². The Balaban J connectivity index is 1.56. The van der Waals surface area contributed by atoms with Crippen LogP contribution in [0, 0.1) is 0 Å². The van der Waals surface area contributed by atoms with Gasteiger partial charge >= 0.3 is 0 Å². The Morgan fingerprint density at radius 1 is 1.32 bits per heavy atom. The van der Waals surface area contributed by atoms with Gasteiger partial charge in [-0.15, -0.1) is 11.3 Å². The molecule has 98 valence electrons. The fourth-order valence-electron chi connectivity index (χ4n) is 1.90. The van der Waals surface area contributed by atoms with Crippen LogP contribution in [-0.2, 0) is 13.0 Å². The van der Waals surface area contributed by atoms with E-state index in [1.807, 2.05) is 17.6 Å². The molecule has 0 aliphatic heterocycles. The van der Waals surface area contributed by atoms with Crippen LogP contribution >= 0.6 is 22.7 Å². The van der Waals surface area contributed by atoms with E-state index in [0.29, 0.717) is 5.13 Å². The summed E-state index contributed by atoms with van der Waals surface area (Å²) in [6.07, 6.45) is 2.83. The Morgan fingerprint density at radius 2 is 2.26 bits per heavy atom. The van der Waals surface area contributed by atoms with E-state index in [1.165, 1.54) is 21.9 Å². The Morgan fingerprint density at radius 3 is 3.11 bits per heavy atom. The lowest BCUT2D eigenvalue weighted by molar-refractivity contribution is 0.686. The van der Waals surface area contributed by atoms with Crippen LogP contribution in [0.25, 0.3) is 10.2 Å². The van der Waals surface area contributed by atoms with E-state index >= 15 is 0 Å². The second-order valence-electron chi connectivity index (χ2n) is 4.21. The van der Waals surface area contributed by atoms with Gasteiger partial charge in [-0.2, -0.15) is 0 Å². The highest BCUT2D eigenvalue weighted by molar-refractivity contribution is 7.22. The summed E-state index contributed by atoms with van der Waals surface area (Å²) in [5, 5.41) is 7.25. The molecule has 0 aliphatic rings. The fraction of sp³-hybridized carbons (Fsp3) is 0.231. The van der Waals surface area contributed by atoms with Gasteiger partial charge in [-0.3, -0.25) is 0 Å². The molecule has 0 saturated heterocycles. The third-order valence-electron chi connectivity index (χ3n) is 2.80. The van der Waals surface area contributed by atoms with Crippen LogP contribution in [0.5, 0.6) is 0 Å². The van der Waals surface area contributed by atoms with Crippen molar-refractivity contribution in [1.82, 2.24) is 15.3 Å². The molecular formula is C13H14N4S2. The zero-order valence-corrected chi connectivity index (χ0v) is 11.9. The molecule has 0 unspecified atom stereocenters. The van der Waals surface area contributed by atoms with Crippen molar-refractivity contribution in [2.45, 2.75) is 13.0 Å². The maximum Gasteiger partial charge on any atom is 0.181 e. The van der Waals surface area contributed by atoms with Gasteiger partial charge in [0.2, 0.25) is 0 Å². The Kier molecular flexibility index (Phi) is 3.72. The molecule has 0 saturated carbocycles. The van der Waals surface area contributed by atoms with Gasteiger partial charge in [0.25, 0.3) is 0 Å². The van der Waals surface area contributed by atoms with Gasteiger partial charge < -0.3 is 11.1 Å². The van der Waals surface area contributed by atoms with E-state index in [2.05, 4.69) is 27.4 Å². The van der Waals surface area contributed by atoms with Crippen molar-refractivity contribution >= 4 is 38.0 Å². The minimum Gasteiger partial charge on any atom is -0.375 e. The summed E-state index contributed by atoms with van der Waals surface area (Å²) in [5.74, 6) is 0. The average Bonchev–Trinajstić information content (AvgIpc) is 3.02. The predicted octanol–water partition coefficient (Wildman–Crippen LogP) is 2.67. The third-order valence-corrected chi connectivity index (χ3v) is 4.48. The van der Waals surface area contributed by atoms with Gasteiger partial charge in [0.05, 0.1) is 15.2 Å². The largest absolute Gasteiger partial charge is 0.375 e. The first-order valence-electron chi connectivity index (χ1n) is 6.05. The van der Waals surface area contributed by atoms with Gasteiger partial charge in [0.15, 0.2) is 5.13 Å². The average molecular weight is 290 g/mol.